The maximum absolute atomic E-state index is 5.02. The maximum Gasteiger partial charge on any atom is 0.259 e. The number of rotatable bonds is 14. The third kappa shape index (κ3) is 7.53. The topological polar surface area (TPSA) is 19.4 Å². The molecule has 186 valence electrons. The molecule has 3 aromatic rings. The zero-order valence-electron chi connectivity index (χ0n) is 22.4. The van der Waals surface area contributed by atoms with E-state index in [0.29, 0.717) is 0 Å². The van der Waals surface area contributed by atoms with Gasteiger partial charge in [0.2, 0.25) is 11.3 Å². The molecule has 0 saturated carbocycles. The molecule has 34 heavy (non-hydrogen) atoms. The highest BCUT2D eigenvalue weighted by Crippen LogP contribution is 2.32. The van der Waals surface area contributed by atoms with Gasteiger partial charge in [0.1, 0.15) is 11.0 Å². The van der Waals surface area contributed by atoms with E-state index in [9.17, 15) is 0 Å². The number of fused-ring (bicyclic) bond motifs is 2. The molecule has 0 bridgehead atoms. The van der Waals surface area contributed by atoms with Gasteiger partial charge in [0, 0.05) is 49.7 Å². The van der Waals surface area contributed by atoms with Gasteiger partial charge >= 0.3 is 0 Å². The standard InChI is InChI=1S/C30H46N3S/c1-7-9-17-32(18-10-8-2)25-11-13-27-29(21-25)34-30-22-26(12-14-28(30)31-27)33(19-15-23(3)4)20-16-24(5)6/h11-14,21-24H,7-10,15-20H2,1-6H3/q+1. The molecule has 3 rings (SSSR count). The molecule has 1 aromatic heterocycles. The second-order valence-electron chi connectivity index (χ2n) is 10.6. The fourth-order valence-corrected chi connectivity index (χ4v) is 5.29. The Bertz CT molecular complexity index is 1010. The number of nitrogens with zero attached hydrogens (tertiary/aromatic N) is 3. The lowest BCUT2D eigenvalue weighted by Crippen LogP contribution is -2.27. The minimum Gasteiger partial charge on any atom is -0.371 e. The van der Waals surface area contributed by atoms with E-state index in [1.807, 2.05) is 11.3 Å². The van der Waals surface area contributed by atoms with Gasteiger partial charge in [-0.15, -0.1) is 0 Å². The highest BCUT2D eigenvalue weighted by Gasteiger charge is 2.18. The van der Waals surface area contributed by atoms with Crippen LogP contribution in [0.2, 0.25) is 0 Å². The fraction of sp³-hybridized carbons (Fsp3) is 0.600. The summed E-state index contributed by atoms with van der Waals surface area (Å²) in [5.41, 5.74) is 4.90. The maximum atomic E-state index is 5.02. The van der Waals surface area contributed by atoms with Gasteiger partial charge in [-0.2, -0.15) is 0 Å². The number of benzene rings is 2. The lowest BCUT2D eigenvalue weighted by molar-refractivity contribution is 0.535. The van der Waals surface area contributed by atoms with Crippen molar-refractivity contribution in [3.05, 3.63) is 36.4 Å². The van der Waals surface area contributed by atoms with Crippen LogP contribution >= 0.6 is 11.3 Å². The summed E-state index contributed by atoms with van der Waals surface area (Å²) in [6.45, 7) is 18.4. The van der Waals surface area contributed by atoms with Gasteiger partial charge in [-0.3, -0.25) is 0 Å². The molecule has 0 aliphatic carbocycles. The minimum atomic E-state index is 0.720. The first-order valence-corrected chi connectivity index (χ1v) is 14.4. The van der Waals surface area contributed by atoms with Crippen LogP contribution in [0.15, 0.2) is 36.4 Å². The molecular formula is C30H46N3S+. The lowest BCUT2D eigenvalue weighted by atomic mass is 10.1. The summed E-state index contributed by atoms with van der Waals surface area (Å²) in [6, 6.07) is 13.7. The molecule has 0 aliphatic rings. The van der Waals surface area contributed by atoms with Crippen LogP contribution in [0, 0.1) is 11.8 Å². The summed E-state index contributed by atoms with van der Waals surface area (Å²) < 4.78 is 2.57. The Balaban J connectivity index is 1.93. The van der Waals surface area contributed by atoms with Crippen molar-refractivity contribution in [2.45, 2.75) is 80.1 Å². The minimum absolute atomic E-state index is 0.720. The highest BCUT2D eigenvalue weighted by atomic mass is 32.1. The molecule has 3 nitrogen and oxygen atoms in total. The normalized spacial score (nSPS) is 11.8. The van der Waals surface area contributed by atoms with Crippen molar-refractivity contribution in [2.24, 2.45) is 11.8 Å². The van der Waals surface area contributed by atoms with E-state index >= 15 is 0 Å². The van der Waals surface area contributed by atoms with E-state index in [2.05, 4.69) is 87.7 Å². The zero-order valence-corrected chi connectivity index (χ0v) is 23.3. The highest BCUT2D eigenvalue weighted by molar-refractivity contribution is 7.24. The van der Waals surface area contributed by atoms with E-state index in [-0.39, 0.29) is 0 Å². The fourth-order valence-electron chi connectivity index (χ4n) is 4.26. The van der Waals surface area contributed by atoms with Gasteiger partial charge in [0.05, 0.1) is 0 Å². The average Bonchev–Trinajstić information content (AvgIpc) is 2.82. The largest absolute Gasteiger partial charge is 0.371 e. The number of hydrogen-bond donors (Lipinski definition) is 0. The monoisotopic (exact) mass is 480 g/mol. The van der Waals surface area contributed by atoms with Gasteiger partial charge in [0.15, 0.2) is 0 Å². The van der Waals surface area contributed by atoms with Crippen LogP contribution in [0.5, 0.6) is 0 Å². The molecule has 2 aromatic carbocycles. The Morgan fingerprint density at radius 2 is 1.12 bits per heavy atom. The number of hydrogen-bond acceptors (Lipinski definition) is 3. The first kappa shape index (κ1) is 26.7. The molecule has 0 amide bonds. The quantitative estimate of drug-likeness (QED) is 0.169. The predicted molar refractivity (Wildman–Crippen MR) is 155 cm³/mol. The molecule has 0 N–H and O–H groups in total. The molecule has 0 saturated heterocycles. The summed E-state index contributed by atoms with van der Waals surface area (Å²) in [5, 5.41) is 0. The van der Waals surface area contributed by atoms with E-state index in [4.69, 9.17) is 4.98 Å². The van der Waals surface area contributed by atoms with Gasteiger partial charge in [-0.25, -0.2) is 4.98 Å². The molecule has 0 fully saturated rings. The van der Waals surface area contributed by atoms with Gasteiger partial charge in [-0.05, 0) is 61.8 Å². The van der Waals surface area contributed by atoms with Crippen LogP contribution in [0.1, 0.15) is 80.1 Å². The Morgan fingerprint density at radius 3 is 1.53 bits per heavy atom. The Morgan fingerprint density at radius 1 is 0.676 bits per heavy atom. The second-order valence-corrected chi connectivity index (χ2v) is 11.6. The van der Waals surface area contributed by atoms with Crippen molar-refractivity contribution < 1.29 is 0 Å². The van der Waals surface area contributed by atoms with E-state index in [1.165, 1.54) is 59.3 Å². The van der Waals surface area contributed by atoms with Crippen molar-refractivity contribution in [3.63, 3.8) is 0 Å². The third-order valence-electron chi connectivity index (χ3n) is 6.59. The Labute approximate surface area is 212 Å². The van der Waals surface area contributed by atoms with Crippen LogP contribution in [0.3, 0.4) is 0 Å². The molecule has 0 radical (unpaired) electrons. The van der Waals surface area contributed by atoms with Crippen molar-refractivity contribution in [1.82, 2.24) is 4.98 Å². The Hall–Kier alpha value is -1.94. The average molecular weight is 481 g/mol. The molecule has 1 heterocycles. The number of anilines is 2. The number of aromatic nitrogens is 1. The van der Waals surface area contributed by atoms with E-state index in [1.54, 1.807) is 0 Å². The second kappa shape index (κ2) is 13.2. The summed E-state index contributed by atoms with van der Waals surface area (Å²) >= 11 is 1.90. The predicted octanol–water partition coefficient (Wildman–Crippen LogP) is 9.04. The van der Waals surface area contributed by atoms with Crippen molar-refractivity contribution in [1.29, 1.82) is 0 Å². The van der Waals surface area contributed by atoms with Gasteiger partial charge in [0.25, 0.3) is 9.40 Å². The first-order chi connectivity index (χ1) is 16.4. The summed E-state index contributed by atoms with van der Waals surface area (Å²) in [6.07, 6.45) is 7.41. The SMILES string of the molecule is CCCCN(CCCC)c1ccc2nc3ccc(N(CCC(C)C)CCC(C)C)cc3[s+]c2c1. The molecular weight excluding hydrogens is 434 g/mol. The van der Waals surface area contributed by atoms with Crippen molar-refractivity contribution in [2.75, 3.05) is 36.0 Å². The molecule has 4 heteroatoms. The van der Waals surface area contributed by atoms with E-state index < -0.39 is 0 Å². The number of unbranched alkanes of at least 4 members (excludes halogenated alkanes) is 2. The molecule has 0 unspecified atom stereocenters. The summed E-state index contributed by atoms with van der Waals surface area (Å²) in [4.78, 5) is 10.2. The van der Waals surface area contributed by atoms with Gasteiger partial charge in [-0.1, -0.05) is 54.4 Å². The van der Waals surface area contributed by atoms with E-state index in [0.717, 1.165) is 49.0 Å². The smallest absolute Gasteiger partial charge is 0.259 e. The van der Waals surface area contributed by atoms with Gasteiger partial charge < -0.3 is 9.80 Å². The Kier molecular flexibility index (Phi) is 10.4. The van der Waals surface area contributed by atoms with Crippen LogP contribution < -0.4 is 9.80 Å². The zero-order chi connectivity index (χ0) is 24.5. The molecule has 0 spiro atoms. The summed E-state index contributed by atoms with van der Waals surface area (Å²) in [5.74, 6) is 1.44. The van der Waals surface area contributed by atoms with Crippen LogP contribution in [0.4, 0.5) is 11.4 Å². The third-order valence-corrected chi connectivity index (χ3v) is 7.69. The molecule has 0 aliphatic heterocycles. The van der Waals surface area contributed by atoms with Crippen LogP contribution in [0.25, 0.3) is 20.4 Å². The van der Waals surface area contributed by atoms with Crippen molar-refractivity contribution in [3.8, 4) is 0 Å². The summed E-state index contributed by atoms with van der Waals surface area (Å²) in [7, 11) is 0. The van der Waals surface area contributed by atoms with Crippen LogP contribution in [-0.2, 0) is 0 Å². The first-order valence-electron chi connectivity index (χ1n) is 13.6. The molecule has 0 atom stereocenters. The lowest BCUT2D eigenvalue weighted by Gasteiger charge is -2.26. The van der Waals surface area contributed by atoms with Crippen LogP contribution in [-0.4, -0.2) is 31.2 Å². The van der Waals surface area contributed by atoms with Crippen molar-refractivity contribution >= 4 is 43.1 Å².